The van der Waals surface area contributed by atoms with E-state index in [1.807, 2.05) is 0 Å². The van der Waals surface area contributed by atoms with Crippen molar-refractivity contribution < 1.29 is 0 Å². The van der Waals surface area contributed by atoms with Crippen LogP contribution in [0.4, 0.5) is 0 Å². The first-order chi connectivity index (χ1) is 10.1. The minimum absolute atomic E-state index is 0.708. The highest BCUT2D eigenvalue weighted by Crippen LogP contribution is 2.30. The van der Waals surface area contributed by atoms with Crippen molar-refractivity contribution in [2.75, 3.05) is 0 Å². The molecule has 21 heavy (non-hydrogen) atoms. The van der Waals surface area contributed by atoms with E-state index < -0.39 is 0 Å². The van der Waals surface area contributed by atoms with Gasteiger partial charge in [-0.2, -0.15) is 0 Å². The minimum Gasteiger partial charge on any atom is -0.143 e. The lowest BCUT2D eigenvalue weighted by atomic mass is 9.84. The van der Waals surface area contributed by atoms with Crippen molar-refractivity contribution in [2.24, 2.45) is 11.8 Å². The highest BCUT2D eigenvalue weighted by Gasteiger charge is 2.14. The van der Waals surface area contributed by atoms with Crippen molar-refractivity contribution in [3.8, 4) is 0 Å². The van der Waals surface area contributed by atoms with Crippen LogP contribution in [0.2, 0.25) is 0 Å². The van der Waals surface area contributed by atoms with Crippen LogP contribution >= 0.6 is 12.6 Å². The maximum absolute atomic E-state index is 4.38. The topological polar surface area (TPSA) is 0 Å². The van der Waals surface area contributed by atoms with Gasteiger partial charge in [0.05, 0.1) is 0 Å². The molecule has 0 saturated heterocycles. The van der Waals surface area contributed by atoms with Gasteiger partial charge in [-0.3, -0.25) is 0 Å². The van der Waals surface area contributed by atoms with Crippen LogP contribution in [-0.2, 0) is 0 Å². The van der Waals surface area contributed by atoms with E-state index in [-0.39, 0.29) is 0 Å². The van der Waals surface area contributed by atoms with Crippen molar-refractivity contribution in [2.45, 2.75) is 83.5 Å². The molecule has 3 unspecified atom stereocenters. The molecule has 1 rings (SSSR count). The summed E-state index contributed by atoms with van der Waals surface area (Å²) in [5, 5.41) is 0. The highest BCUT2D eigenvalue weighted by atomic mass is 32.1. The third-order valence-electron chi connectivity index (χ3n) is 4.75. The molecule has 0 amide bonds. The summed E-state index contributed by atoms with van der Waals surface area (Å²) in [7, 11) is 0. The maximum Gasteiger partial charge on any atom is 0.00401 e. The standard InChI is InChI=1S/C20H34S/c1-5-7-8-16(3)9-10-17(4)15-18(6-2)19-11-13-20(21)14-12-19/h11-14,16-18,21H,5-10,15H2,1-4H3. The second-order valence-corrected chi connectivity index (χ2v) is 7.38. The van der Waals surface area contributed by atoms with E-state index in [0.717, 1.165) is 16.7 Å². The van der Waals surface area contributed by atoms with E-state index in [2.05, 4.69) is 64.6 Å². The van der Waals surface area contributed by atoms with Gasteiger partial charge in [0, 0.05) is 4.90 Å². The molecule has 1 aromatic rings. The monoisotopic (exact) mass is 306 g/mol. The molecule has 1 heteroatoms. The van der Waals surface area contributed by atoms with E-state index in [4.69, 9.17) is 0 Å². The van der Waals surface area contributed by atoms with Crippen molar-refractivity contribution >= 4 is 12.6 Å². The van der Waals surface area contributed by atoms with Crippen molar-refractivity contribution in [1.82, 2.24) is 0 Å². The average Bonchev–Trinajstić information content (AvgIpc) is 2.49. The van der Waals surface area contributed by atoms with Gasteiger partial charge >= 0.3 is 0 Å². The molecule has 0 radical (unpaired) electrons. The molecule has 0 nitrogen and oxygen atoms in total. The molecule has 0 saturated carbocycles. The number of hydrogen-bond acceptors (Lipinski definition) is 1. The lowest BCUT2D eigenvalue weighted by Crippen LogP contribution is -2.06. The van der Waals surface area contributed by atoms with Crippen LogP contribution in [0.3, 0.4) is 0 Å². The Morgan fingerprint density at radius 1 is 0.905 bits per heavy atom. The Bertz CT molecular complexity index is 368. The molecular formula is C20H34S. The Balaban J connectivity index is 2.40. The van der Waals surface area contributed by atoms with Crippen molar-refractivity contribution in [3.05, 3.63) is 29.8 Å². The van der Waals surface area contributed by atoms with E-state index >= 15 is 0 Å². The van der Waals surface area contributed by atoms with Gasteiger partial charge in [-0.25, -0.2) is 0 Å². The van der Waals surface area contributed by atoms with Gasteiger partial charge in [0.1, 0.15) is 0 Å². The van der Waals surface area contributed by atoms with Crippen LogP contribution in [-0.4, -0.2) is 0 Å². The number of hydrogen-bond donors (Lipinski definition) is 1. The van der Waals surface area contributed by atoms with Crippen LogP contribution in [0.15, 0.2) is 29.2 Å². The molecule has 0 aliphatic rings. The molecule has 0 aromatic heterocycles. The molecule has 1 aromatic carbocycles. The largest absolute Gasteiger partial charge is 0.143 e. The summed E-state index contributed by atoms with van der Waals surface area (Å²) < 4.78 is 0. The van der Waals surface area contributed by atoms with Crippen LogP contribution in [0.1, 0.15) is 84.1 Å². The zero-order chi connectivity index (χ0) is 15.7. The fourth-order valence-electron chi connectivity index (χ4n) is 3.15. The fraction of sp³-hybridized carbons (Fsp3) is 0.700. The van der Waals surface area contributed by atoms with E-state index in [1.165, 1.54) is 50.5 Å². The van der Waals surface area contributed by atoms with E-state index in [0.29, 0.717) is 5.92 Å². The smallest absolute Gasteiger partial charge is 0.00401 e. The quantitative estimate of drug-likeness (QED) is 0.438. The second-order valence-electron chi connectivity index (χ2n) is 6.86. The van der Waals surface area contributed by atoms with Gasteiger partial charge in [-0.05, 0) is 48.3 Å². The average molecular weight is 307 g/mol. The minimum atomic E-state index is 0.708. The zero-order valence-electron chi connectivity index (χ0n) is 14.4. The Hall–Kier alpha value is -0.430. The molecular weight excluding hydrogens is 272 g/mol. The molecule has 0 aliphatic carbocycles. The third-order valence-corrected chi connectivity index (χ3v) is 5.05. The van der Waals surface area contributed by atoms with Gasteiger partial charge in [-0.15, -0.1) is 12.6 Å². The summed E-state index contributed by atoms with van der Waals surface area (Å²) in [5.74, 6) is 2.44. The lowest BCUT2D eigenvalue weighted by Gasteiger charge is -2.21. The second kappa shape index (κ2) is 10.3. The summed E-state index contributed by atoms with van der Waals surface area (Å²) in [5.41, 5.74) is 1.49. The summed E-state index contributed by atoms with van der Waals surface area (Å²) >= 11 is 4.38. The molecule has 0 bridgehead atoms. The summed E-state index contributed by atoms with van der Waals surface area (Å²) in [4.78, 5) is 1.06. The van der Waals surface area contributed by atoms with Gasteiger partial charge in [-0.1, -0.05) is 71.9 Å². The van der Waals surface area contributed by atoms with E-state index in [1.54, 1.807) is 0 Å². The first kappa shape index (κ1) is 18.6. The van der Waals surface area contributed by atoms with Crippen molar-refractivity contribution in [3.63, 3.8) is 0 Å². The Labute approximate surface area is 138 Å². The van der Waals surface area contributed by atoms with Crippen LogP contribution in [0.25, 0.3) is 0 Å². The number of rotatable bonds is 10. The van der Waals surface area contributed by atoms with Crippen LogP contribution in [0.5, 0.6) is 0 Å². The first-order valence-corrected chi connectivity index (χ1v) is 9.30. The zero-order valence-corrected chi connectivity index (χ0v) is 15.3. The van der Waals surface area contributed by atoms with Gasteiger partial charge < -0.3 is 0 Å². The summed E-state index contributed by atoms with van der Waals surface area (Å²) in [6.45, 7) is 9.46. The SMILES string of the molecule is CCCCC(C)CCC(C)CC(CC)c1ccc(S)cc1. The number of thiol groups is 1. The first-order valence-electron chi connectivity index (χ1n) is 8.85. The molecule has 3 atom stereocenters. The fourth-order valence-corrected chi connectivity index (χ4v) is 3.30. The Morgan fingerprint density at radius 3 is 2.10 bits per heavy atom. The van der Waals surface area contributed by atoms with Gasteiger partial charge in [0.2, 0.25) is 0 Å². The molecule has 120 valence electrons. The predicted octanol–water partition coefficient (Wildman–Crippen LogP) is 7.10. The van der Waals surface area contributed by atoms with Crippen LogP contribution in [0, 0.1) is 11.8 Å². The Morgan fingerprint density at radius 2 is 1.52 bits per heavy atom. The molecule has 0 aliphatic heterocycles. The highest BCUT2D eigenvalue weighted by molar-refractivity contribution is 7.80. The lowest BCUT2D eigenvalue weighted by molar-refractivity contribution is 0.369. The Kier molecular flexibility index (Phi) is 9.15. The molecule has 0 spiro atoms. The number of unbranched alkanes of at least 4 members (excludes halogenated alkanes) is 1. The van der Waals surface area contributed by atoms with Crippen molar-refractivity contribution in [1.29, 1.82) is 0 Å². The molecule has 0 N–H and O–H groups in total. The van der Waals surface area contributed by atoms with Crippen LogP contribution < -0.4 is 0 Å². The van der Waals surface area contributed by atoms with Gasteiger partial charge in [0.25, 0.3) is 0 Å². The maximum atomic E-state index is 4.38. The number of benzene rings is 1. The normalized spacial score (nSPS) is 15.7. The van der Waals surface area contributed by atoms with Gasteiger partial charge in [0.15, 0.2) is 0 Å². The van der Waals surface area contributed by atoms with E-state index in [9.17, 15) is 0 Å². The third kappa shape index (κ3) is 7.40. The predicted molar refractivity (Wildman–Crippen MR) is 98.4 cm³/mol. The summed E-state index contributed by atoms with van der Waals surface area (Å²) in [6, 6.07) is 8.76. The molecule has 0 heterocycles. The molecule has 0 fully saturated rings. The summed E-state index contributed by atoms with van der Waals surface area (Å²) in [6.07, 6.45) is 9.47.